The molecule has 210 valence electrons. The molecule has 1 atom stereocenters. The summed E-state index contributed by atoms with van der Waals surface area (Å²) in [5.74, 6) is 1.18. The van der Waals surface area contributed by atoms with Gasteiger partial charge in [-0.3, -0.25) is 0 Å². The molecule has 7 nitrogen and oxygen atoms in total. The van der Waals surface area contributed by atoms with Crippen LogP contribution in [-0.4, -0.2) is 42.4 Å². The average molecular weight is 563 g/mol. The Kier molecular flexibility index (Phi) is 7.91. The number of aromatic nitrogens is 2. The van der Waals surface area contributed by atoms with E-state index in [-0.39, 0.29) is 24.0 Å². The Hall–Kier alpha value is -3.05. The molecule has 1 aromatic heterocycles. The molecule has 2 aromatic carbocycles. The summed E-state index contributed by atoms with van der Waals surface area (Å²) in [7, 11) is -2.56. The number of benzene rings is 2. The van der Waals surface area contributed by atoms with Gasteiger partial charge in [0, 0.05) is 36.6 Å². The predicted octanol–water partition coefficient (Wildman–Crippen LogP) is 5.99. The number of imidazole rings is 1. The molecule has 5 rings (SSSR count). The predicted molar refractivity (Wildman–Crippen MR) is 142 cm³/mol. The Morgan fingerprint density at radius 1 is 1.08 bits per heavy atom. The van der Waals surface area contributed by atoms with Gasteiger partial charge in [0.2, 0.25) is 10.0 Å². The third-order valence-corrected chi connectivity index (χ3v) is 9.75. The molecule has 1 N–H and O–H groups in total. The molecule has 0 amide bonds. The Morgan fingerprint density at radius 3 is 2.46 bits per heavy atom. The fraction of sp³-hybridized carbons (Fsp3) is 0.464. The minimum Gasteiger partial charge on any atom is -0.496 e. The van der Waals surface area contributed by atoms with Crippen LogP contribution >= 0.6 is 0 Å². The summed E-state index contributed by atoms with van der Waals surface area (Å²) in [6.45, 7) is 0.744. The number of alkyl halides is 3. The Bertz CT molecular complexity index is 1360. The molecule has 1 aliphatic heterocycles. The molecule has 0 radical (unpaired) electrons. The zero-order valence-corrected chi connectivity index (χ0v) is 22.6. The second kappa shape index (κ2) is 11.2. The van der Waals surface area contributed by atoms with Gasteiger partial charge < -0.3 is 14.6 Å². The number of hydrogen-bond donors (Lipinski definition) is 1. The first kappa shape index (κ1) is 27.5. The molecule has 0 bridgehead atoms. The molecule has 39 heavy (non-hydrogen) atoms. The molecular formula is C28H33F3N4O3S. The van der Waals surface area contributed by atoms with Crippen LogP contribution in [0.5, 0.6) is 5.75 Å². The number of sulfonamides is 1. The third-order valence-electron chi connectivity index (χ3n) is 7.93. The molecule has 1 fully saturated rings. The monoisotopic (exact) mass is 562 g/mol. The van der Waals surface area contributed by atoms with Gasteiger partial charge in [-0.05, 0) is 55.2 Å². The molecule has 11 heteroatoms. The lowest BCUT2D eigenvalue weighted by Crippen LogP contribution is -2.43. The van der Waals surface area contributed by atoms with Crippen molar-refractivity contribution in [3.8, 4) is 5.75 Å². The summed E-state index contributed by atoms with van der Waals surface area (Å²) in [6.07, 6.45) is 5.42. The molecule has 2 aliphatic rings. The van der Waals surface area contributed by atoms with Gasteiger partial charge in [0.05, 0.1) is 36.1 Å². The van der Waals surface area contributed by atoms with Crippen LogP contribution < -0.4 is 9.64 Å². The number of hydrogen-bond acceptors (Lipinski definition) is 5. The lowest BCUT2D eigenvalue weighted by Gasteiger charge is -2.34. The highest BCUT2D eigenvalue weighted by atomic mass is 32.2. The van der Waals surface area contributed by atoms with Crippen molar-refractivity contribution in [1.82, 2.24) is 14.3 Å². The summed E-state index contributed by atoms with van der Waals surface area (Å²) in [6, 6.07) is 9.24. The molecule has 1 aliphatic carbocycles. The number of rotatable bonds is 8. The number of nitrogens with one attached hydrogen (secondary N) is 1. The van der Waals surface area contributed by atoms with E-state index < -0.39 is 21.8 Å². The molecule has 0 spiro atoms. The first-order chi connectivity index (χ1) is 18.7. The summed E-state index contributed by atoms with van der Waals surface area (Å²) in [5.41, 5.74) is 1.61. The maximum absolute atomic E-state index is 13.9. The Balaban J connectivity index is 1.55. The van der Waals surface area contributed by atoms with Crippen LogP contribution in [0.2, 0.25) is 0 Å². The zero-order valence-electron chi connectivity index (χ0n) is 21.8. The number of H-pyrrole nitrogens is 1. The minimum absolute atomic E-state index is 0.0438. The number of fused-ring (bicyclic) bond motifs is 1. The number of anilines is 1. The van der Waals surface area contributed by atoms with Gasteiger partial charge in [0.25, 0.3) is 0 Å². The van der Waals surface area contributed by atoms with E-state index in [1.54, 1.807) is 25.7 Å². The highest BCUT2D eigenvalue weighted by Gasteiger charge is 2.37. The van der Waals surface area contributed by atoms with Gasteiger partial charge in [0.15, 0.2) is 0 Å². The molecular weight excluding hydrogens is 529 g/mol. The van der Waals surface area contributed by atoms with Gasteiger partial charge in [-0.15, -0.1) is 0 Å². The lowest BCUT2D eigenvalue weighted by molar-refractivity contribution is -0.137. The van der Waals surface area contributed by atoms with Gasteiger partial charge in [-0.25, -0.2) is 13.4 Å². The second-order valence-corrected chi connectivity index (χ2v) is 12.3. The molecule has 2 heterocycles. The average Bonchev–Trinajstić information content (AvgIpc) is 3.61. The quantitative estimate of drug-likeness (QED) is 0.365. The number of halogens is 3. The fourth-order valence-electron chi connectivity index (χ4n) is 5.84. The first-order valence-corrected chi connectivity index (χ1v) is 14.7. The number of methoxy groups -OCH3 is 1. The Morgan fingerprint density at radius 2 is 1.82 bits per heavy atom. The van der Waals surface area contributed by atoms with Crippen LogP contribution in [0, 0.1) is 5.92 Å². The van der Waals surface area contributed by atoms with E-state index in [0.29, 0.717) is 18.2 Å². The van der Waals surface area contributed by atoms with Crippen LogP contribution in [-0.2, 0) is 29.3 Å². The van der Waals surface area contributed by atoms with E-state index in [9.17, 15) is 21.6 Å². The second-order valence-electron chi connectivity index (χ2n) is 10.4. The number of aromatic amines is 1. The van der Waals surface area contributed by atoms with Gasteiger partial charge in [0.1, 0.15) is 5.75 Å². The van der Waals surface area contributed by atoms with Crippen molar-refractivity contribution >= 4 is 15.7 Å². The maximum Gasteiger partial charge on any atom is 0.416 e. The van der Waals surface area contributed by atoms with Crippen LogP contribution in [0.1, 0.15) is 55.3 Å². The first-order valence-electron chi connectivity index (χ1n) is 13.2. The highest BCUT2D eigenvalue weighted by molar-refractivity contribution is 7.89. The smallest absolute Gasteiger partial charge is 0.416 e. The van der Waals surface area contributed by atoms with E-state index in [4.69, 9.17) is 4.74 Å². The summed E-state index contributed by atoms with van der Waals surface area (Å²) >= 11 is 0. The van der Waals surface area contributed by atoms with Crippen molar-refractivity contribution < 1.29 is 26.3 Å². The van der Waals surface area contributed by atoms with E-state index in [2.05, 4.69) is 14.9 Å². The molecule has 3 aromatic rings. The fourth-order valence-corrected chi connectivity index (χ4v) is 7.28. The summed E-state index contributed by atoms with van der Waals surface area (Å²) < 4.78 is 74.3. The maximum atomic E-state index is 13.9. The van der Waals surface area contributed by atoms with E-state index in [1.165, 1.54) is 30.0 Å². The van der Waals surface area contributed by atoms with Crippen molar-refractivity contribution in [1.29, 1.82) is 0 Å². The van der Waals surface area contributed by atoms with Crippen molar-refractivity contribution in [3.05, 3.63) is 71.8 Å². The standard InChI is InChI=1S/C28H33F3N4O3S/c1-38-27-8-4-7-26-25(27)18-34(39(36,37)24-13-10-21(11-14-24)28(29,30)31)17-23(12-9-20-5-2-3-6-20)35(26)16-22-15-32-19-33-22/h4,7-8,10-11,13-15,19-20,23H,2-3,5-6,9,12,16-18H2,1H3,(H,32,33)/t23-/m0/s1. The molecule has 1 saturated carbocycles. The molecule has 0 unspecified atom stereocenters. The summed E-state index contributed by atoms with van der Waals surface area (Å²) in [5, 5.41) is 0. The van der Waals surface area contributed by atoms with E-state index in [0.717, 1.165) is 54.1 Å². The van der Waals surface area contributed by atoms with Gasteiger partial charge in [-0.1, -0.05) is 31.7 Å². The zero-order chi connectivity index (χ0) is 27.6. The van der Waals surface area contributed by atoms with E-state index in [1.807, 2.05) is 12.1 Å². The summed E-state index contributed by atoms with van der Waals surface area (Å²) in [4.78, 5) is 9.38. The van der Waals surface area contributed by atoms with E-state index >= 15 is 0 Å². The normalized spacial score (nSPS) is 19.2. The van der Waals surface area contributed by atoms with Crippen LogP contribution in [0.4, 0.5) is 18.9 Å². The highest BCUT2D eigenvalue weighted by Crippen LogP contribution is 2.39. The van der Waals surface area contributed by atoms with Gasteiger partial charge in [-0.2, -0.15) is 17.5 Å². The van der Waals surface area contributed by atoms with Crippen LogP contribution in [0.3, 0.4) is 0 Å². The topological polar surface area (TPSA) is 78.5 Å². The Labute approximate surface area is 227 Å². The number of ether oxygens (including phenoxy) is 1. The SMILES string of the molecule is COc1cccc2c1CN(S(=O)(=O)c1ccc(C(F)(F)F)cc1)C[C@H](CCC1CCCC1)N2Cc1cnc[nH]1. The van der Waals surface area contributed by atoms with Crippen molar-refractivity contribution in [2.75, 3.05) is 18.6 Å². The van der Waals surface area contributed by atoms with Crippen molar-refractivity contribution in [2.24, 2.45) is 5.92 Å². The van der Waals surface area contributed by atoms with Crippen LogP contribution in [0.25, 0.3) is 0 Å². The van der Waals surface area contributed by atoms with Crippen molar-refractivity contribution in [2.45, 2.75) is 68.7 Å². The van der Waals surface area contributed by atoms with Gasteiger partial charge >= 0.3 is 6.18 Å². The van der Waals surface area contributed by atoms with Crippen LogP contribution in [0.15, 0.2) is 59.9 Å². The number of nitrogens with zero attached hydrogens (tertiary/aromatic N) is 3. The largest absolute Gasteiger partial charge is 0.496 e. The molecule has 0 saturated heterocycles. The minimum atomic E-state index is -4.55. The lowest BCUT2D eigenvalue weighted by atomic mass is 9.97. The third kappa shape index (κ3) is 5.94. The van der Waals surface area contributed by atoms with Crippen molar-refractivity contribution in [3.63, 3.8) is 0 Å².